The van der Waals surface area contributed by atoms with Crippen molar-refractivity contribution < 1.29 is 4.74 Å². The molecule has 0 aliphatic carbocycles. The fraction of sp³-hybridized carbons (Fsp3) is 0.111. The second kappa shape index (κ2) is 6.97. The van der Waals surface area contributed by atoms with E-state index in [1.165, 1.54) is 0 Å². The van der Waals surface area contributed by atoms with Crippen molar-refractivity contribution in [2.24, 2.45) is 7.05 Å². The summed E-state index contributed by atoms with van der Waals surface area (Å²) >= 11 is 5.72. The standard InChI is InChI=1S/C18H15ClN6O/c1-25-7-5-13(24-25)11-26-15-2-3-16-12(8-15)4-6-20-17(16)23-14-9-21-18(19)22-10-14/h2-10H,11H2,1H3,(H,20,23). The first-order chi connectivity index (χ1) is 12.7. The van der Waals surface area contributed by atoms with Crippen molar-refractivity contribution in [2.75, 3.05) is 5.32 Å². The molecular formula is C18H15ClN6O. The van der Waals surface area contributed by atoms with Crippen LogP contribution in [-0.2, 0) is 13.7 Å². The molecule has 1 aromatic carbocycles. The van der Waals surface area contributed by atoms with Crippen LogP contribution < -0.4 is 10.1 Å². The Balaban J connectivity index is 1.56. The number of ether oxygens (including phenoxy) is 1. The fourth-order valence-corrected chi connectivity index (χ4v) is 2.65. The maximum atomic E-state index is 5.83. The summed E-state index contributed by atoms with van der Waals surface area (Å²) in [6, 6.07) is 9.73. The first kappa shape index (κ1) is 16.3. The summed E-state index contributed by atoms with van der Waals surface area (Å²) in [7, 11) is 1.88. The summed E-state index contributed by atoms with van der Waals surface area (Å²) in [5.74, 6) is 1.49. The molecule has 1 N–H and O–H groups in total. The summed E-state index contributed by atoms with van der Waals surface area (Å²) in [4.78, 5) is 12.3. The molecule has 0 aliphatic heterocycles. The zero-order valence-corrected chi connectivity index (χ0v) is 14.7. The molecule has 4 aromatic rings. The number of benzene rings is 1. The van der Waals surface area contributed by atoms with Gasteiger partial charge in [0.25, 0.3) is 0 Å². The van der Waals surface area contributed by atoms with Crippen molar-refractivity contribution in [3.05, 3.63) is 66.1 Å². The number of rotatable bonds is 5. The van der Waals surface area contributed by atoms with Crippen LogP contribution in [0.25, 0.3) is 10.8 Å². The Hall–Kier alpha value is -3.19. The van der Waals surface area contributed by atoms with E-state index in [1.807, 2.05) is 43.6 Å². The van der Waals surface area contributed by atoms with Crippen molar-refractivity contribution in [3.63, 3.8) is 0 Å². The maximum absolute atomic E-state index is 5.83. The van der Waals surface area contributed by atoms with E-state index in [0.29, 0.717) is 18.1 Å². The number of aromatic nitrogens is 5. The third kappa shape index (κ3) is 3.57. The van der Waals surface area contributed by atoms with Crippen molar-refractivity contribution in [1.82, 2.24) is 24.7 Å². The second-order valence-corrected chi connectivity index (χ2v) is 6.02. The highest BCUT2D eigenvalue weighted by atomic mass is 35.5. The van der Waals surface area contributed by atoms with Gasteiger partial charge in [-0.05, 0) is 47.3 Å². The molecule has 26 heavy (non-hydrogen) atoms. The summed E-state index contributed by atoms with van der Waals surface area (Å²) < 4.78 is 7.59. The minimum Gasteiger partial charge on any atom is -0.487 e. The Morgan fingerprint density at radius 1 is 1.12 bits per heavy atom. The molecule has 0 saturated heterocycles. The van der Waals surface area contributed by atoms with Crippen LogP contribution in [0.3, 0.4) is 0 Å². The van der Waals surface area contributed by atoms with Crippen molar-refractivity contribution in [2.45, 2.75) is 6.61 Å². The van der Waals surface area contributed by atoms with Gasteiger partial charge < -0.3 is 10.1 Å². The number of anilines is 2. The average Bonchev–Trinajstić information content (AvgIpc) is 3.07. The van der Waals surface area contributed by atoms with Crippen molar-refractivity contribution in [1.29, 1.82) is 0 Å². The van der Waals surface area contributed by atoms with Crippen LogP contribution in [0.4, 0.5) is 11.5 Å². The number of nitrogens with one attached hydrogen (secondary N) is 1. The number of hydrogen-bond donors (Lipinski definition) is 1. The van der Waals surface area contributed by atoms with Gasteiger partial charge in [-0.25, -0.2) is 15.0 Å². The lowest BCUT2D eigenvalue weighted by atomic mass is 10.1. The molecule has 0 unspecified atom stereocenters. The molecule has 7 nitrogen and oxygen atoms in total. The van der Waals surface area contributed by atoms with Crippen LogP contribution in [0, 0.1) is 0 Å². The molecule has 0 spiro atoms. The molecule has 3 heterocycles. The highest BCUT2D eigenvalue weighted by molar-refractivity contribution is 6.28. The minimum absolute atomic E-state index is 0.205. The fourth-order valence-electron chi connectivity index (χ4n) is 2.56. The van der Waals surface area contributed by atoms with Gasteiger partial charge in [-0.2, -0.15) is 5.10 Å². The molecule has 0 bridgehead atoms. The molecule has 3 aromatic heterocycles. The monoisotopic (exact) mass is 366 g/mol. The number of pyridine rings is 1. The van der Waals surface area contributed by atoms with Crippen LogP contribution in [0.15, 0.2) is 55.1 Å². The predicted octanol–water partition coefficient (Wildman–Crippen LogP) is 3.73. The molecule has 4 rings (SSSR count). The van der Waals surface area contributed by atoms with Crippen LogP contribution in [0.2, 0.25) is 5.28 Å². The van der Waals surface area contributed by atoms with Gasteiger partial charge in [0.15, 0.2) is 0 Å². The Bertz CT molecular complexity index is 1050. The van der Waals surface area contributed by atoms with E-state index in [2.05, 4.69) is 25.4 Å². The van der Waals surface area contributed by atoms with Gasteiger partial charge in [0.2, 0.25) is 5.28 Å². The van der Waals surface area contributed by atoms with Gasteiger partial charge in [-0.1, -0.05) is 0 Å². The van der Waals surface area contributed by atoms with E-state index in [0.717, 1.165) is 22.2 Å². The summed E-state index contributed by atoms with van der Waals surface area (Å²) in [5, 5.41) is 9.69. The minimum atomic E-state index is 0.205. The quantitative estimate of drug-likeness (QED) is 0.542. The molecular weight excluding hydrogens is 352 g/mol. The Kier molecular flexibility index (Phi) is 4.37. The third-order valence-electron chi connectivity index (χ3n) is 3.77. The highest BCUT2D eigenvalue weighted by Crippen LogP contribution is 2.27. The van der Waals surface area contributed by atoms with Crippen LogP contribution in [0.5, 0.6) is 5.75 Å². The Morgan fingerprint density at radius 3 is 2.73 bits per heavy atom. The van der Waals surface area contributed by atoms with Crippen LogP contribution in [0.1, 0.15) is 5.69 Å². The van der Waals surface area contributed by atoms with Gasteiger partial charge in [-0.3, -0.25) is 4.68 Å². The lowest BCUT2D eigenvalue weighted by Gasteiger charge is -2.10. The number of halogens is 1. The van der Waals surface area contributed by atoms with E-state index >= 15 is 0 Å². The summed E-state index contributed by atoms with van der Waals surface area (Å²) in [5.41, 5.74) is 1.59. The van der Waals surface area contributed by atoms with Crippen molar-refractivity contribution >= 4 is 33.9 Å². The van der Waals surface area contributed by atoms with E-state index in [9.17, 15) is 0 Å². The number of aryl methyl sites for hydroxylation is 1. The van der Waals surface area contributed by atoms with Gasteiger partial charge in [-0.15, -0.1) is 0 Å². The van der Waals surface area contributed by atoms with Gasteiger partial charge in [0.05, 0.1) is 23.8 Å². The predicted molar refractivity (Wildman–Crippen MR) is 99.6 cm³/mol. The van der Waals surface area contributed by atoms with Gasteiger partial charge in [0.1, 0.15) is 18.2 Å². The smallest absolute Gasteiger partial charge is 0.222 e. The zero-order valence-electron chi connectivity index (χ0n) is 13.9. The second-order valence-electron chi connectivity index (χ2n) is 5.68. The molecule has 0 atom stereocenters. The largest absolute Gasteiger partial charge is 0.487 e. The lowest BCUT2D eigenvalue weighted by Crippen LogP contribution is -1.99. The first-order valence-electron chi connectivity index (χ1n) is 7.92. The number of fused-ring (bicyclic) bond motifs is 1. The van der Waals surface area contributed by atoms with E-state index < -0.39 is 0 Å². The molecule has 0 saturated carbocycles. The van der Waals surface area contributed by atoms with Crippen LogP contribution >= 0.6 is 11.6 Å². The number of hydrogen-bond acceptors (Lipinski definition) is 6. The third-order valence-corrected chi connectivity index (χ3v) is 3.97. The van der Waals surface area contributed by atoms with Gasteiger partial charge in [0, 0.05) is 24.8 Å². The topological polar surface area (TPSA) is 77.8 Å². The van der Waals surface area contributed by atoms with Gasteiger partial charge >= 0.3 is 0 Å². The summed E-state index contributed by atoms with van der Waals surface area (Å²) in [6.45, 7) is 0.421. The number of nitrogens with zero attached hydrogens (tertiary/aromatic N) is 5. The molecule has 0 amide bonds. The average molecular weight is 367 g/mol. The van der Waals surface area contributed by atoms with E-state index in [1.54, 1.807) is 23.3 Å². The van der Waals surface area contributed by atoms with E-state index in [-0.39, 0.29) is 5.28 Å². The van der Waals surface area contributed by atoms with Crippen LogP contribution in [-0.4, -0.2) is 24.7 Å². The lowest BCUT2D eigenvalue weighted by molar-refractivity contribution is 0.300. The molecule has 8 heteroatoms. The molecule has 0 aliphatic rings. The zero-order chi connectivity index (χ0) is 17.9. The Morgan fingerprint density at radius 2 is 1.96 bits per heavy atom. The molecule has 130 valence electrons. The normalized spacial score (nSPS) is 10.8. The first-order valence-corrected chi connectivity index (χ1v) is 8.30. The Labute approximate surface area is 154 Å². The molecule has 0 fully saturated rings. The van der Waals surface area contributed by atoms with E-state index in [4.69, 9.17) is 16.3 Å². The summed E-state index contributed by atoms with van der Waals surface area (Å²) in [6.07, 6.45) is 6.85. The van der Waals surface area contributed by atoms with Crippen molar-refractivity contribution in [3.8, 4) is 5.75 Å². The highest BCUT2D eigenvalue weighted by Gasteiger charge is 2.06. The maximum Gasteiger partial charge on any atom is 0.222 e. The SMILES string of the molecule is Cn1ccc(COc2ccc3c(Nc4cnc(Cl)nc4)nccc3c2)n1. The molecule has 0 radical (unpaired) electrons.